The van der Waals surface area contributed by atoms with Gasteiger partial charge in [-0.25, -0.2) is 9.78 Å². The summed E-state index contributed by atoms with van der Waals surface area (Å²) in [5, 5.41) is 12.3. The number of rotatable bonds is 3. The highest BCUT2D eigenvalue weighted by molar-refractivity contribution is 7.99. The summed E-state index contributed by atoms with van der Waals surface area (Å²) in [4.78, 5) is 14.8. The largest absolute Gasteiger partial charge is 0.476 e. The molecule has 0 unspecified atom stereocenters. The van der Waals surface area contributed by atoms with Gasteiger partial charge in [0.05, 0.1) is 5.69 Å². The van der Waals surface area contributed by atoms with E-state index in [1.54, 1.807) is 12.1 Å². The highest BCUT2D eigenvalue weighted by atomic mass is 32.2. The summed E-state index contributed by atoms with van der Waals surface area (Å²) < 4.78 is 0. The van der Waals surface area contributed by atoms with Crippen LogP contribution in [0.1, 0.15) is 23.3 Å². The van der Waals surface area contributed by atoms with E-state index in [0.29, 0.717) is 11.7 Å². The topological polar surface area (TPSA) is 62.2 Å². The van der Waals surface area contributed by atoms with Crippen molar-refractivity contribution in [1.82, 2.24) is 4.98 Å². The first-order valence-electron chi connectivity index (χ1n) is 5.30. The van der Waals surface area contributed by atoms with Crippen molar-refractivity contribution in [3.63, 3.8) is 0 Å². The number of nitrogens with one attached hydrogen (secondary N) is 1. The van der Waals surface area contributed by atoms with Crippen LogP contribution < -0.4 is 5.32 Å². The molecule has 16 heavy (non-hydrogen) atoms. The molecule has 0 bridgehead atoms. The highest BCUT2D eigenvalue weighted by Crippen LogP contribution is 2.22. The first-order valence-corrected chi connectivity index (χ1v) is 6.45. The van der Waals surface area contributed by atoms with E-state index in [4.69, 9.17) is 5.11 Å². The van der Waals surface area contributed by atoms with E-state index in [0.717, 1.165) is 24.3 Å². The number of pyridine rings is 1. The number of thioether (sulfide) groups is 1. The van der Waals surface area contributed by atoms with Crippen molar-refractivity contribution in [2.24, 2.45) is 0 Å². The van der Waals surface area contributed by atoms with Gasteiger partial charge in [-0.2, -0.15) is 11.8 Å². The van der Waals surface area contributed by atoms with Gasteiger partial charge in [0.25, 0.3) is 0 Å². The Kier molecular flexibility index (Phi) is 3.66. The molecule has 1 aliphatic rings. The lowest BCUT2D eigenvalue weighted by Gasteiger charge is -2.23. The lowest BCUT2D eigenvalue weighted by Crippen LogP contribution is -2.25. The van der Waals surface area contributed by atoms with Gasteiger partial charge in [-0.15, -0.1) is 0 Å². The number of anilines is 1. The highest BCUT2D eigenvalue weighted by Gasteiger charge is 2.17. The molecule has 0 radical (unpaired) electrons. The van der Waals surface area contributed by atoms with Crippen LogP contribution in [0.3, 0.4) is 0 Å². The Morgan fingerprint density at radius 1 is 1.50 bits per heavy atom. The molecule has 1 aromatic heterocycles. The van der Waals surface area contributed by atoms with Gasteiger partial charge in [-0.1, -0.05) is 0 Å². The van der Waals surface area contributed by atoms with Gasteiger partial charge in [-0.05, 0) is 36.5 Å². The quantitative estimate of drug-likeness (QED) is 0.844. The fraction of sp³-hybridized carbons (Fsp3) is 0.455. The van der Waals surface area contributed by atoms with Crippen LogP contribution in [0, 0.1) is 0 Å². The number of carbonyl (C=O) groups is 1. The van der Waals surface area contributed by atoms with Crippen molar-refractivity contribution >= 4 is 23.4 Å². The van der Waals surface area contributed by atoms with Gasteiger partial charge in [0.15, 0.2) is 5.69 Å². The molecule has 1 saturated heterocycles. The van der Waals surface area contributed by atoms with E-state index in [2.05, 4.69) is 10.3 Å². The fourth-order valence-electron chi connectivity index (χ4n) is 1.75. The smallest absolute Gasteiger partial charge is 0.356 e. The Balaban J connectivity index is 2.10. The molecule has 2 heterocycles. The average molecular weight is 238 g/mol. The molecular formula is C11H14N2O2S. The Labute approximate surface area is 98.5 Å². The van der Waals surface area contributed by atoms with Gasteiger partial charge in [-0.3, -0.25) is 0 Å². The lowest BCUT2D eigenvalue weighted by atomic mass is 10.1. The summed E-state index contributed by atoms with van der Waals surface area (Å²) in [5.74, 6) is 1.30. The number of hydrogen-bond donors (Lipinski definition) is 2. The molecule has 4 nitrogen and oxygen atoms in total. The monoisotopic (exact) mass is 238 g/mol. The zero-order valence-electron chi connectivity index (χ0n) is 8.85. The van der Waals surface area contributed by atoms with Crippen LogP contribution in [0.5, 0.6) is 0 Å². The van der Waals surface area contributed by atoms with Gasteiger partial charge < -0.3 is 10.4 Å². The van der Waals surface area contributed by atoms with E-state index in [-0.39, 0.29) is 5.69 Å². The minimum Gasteiger partial charge on any atom is -0.476 e. The minimum atomic E-state index is -0.978. The zero-order chi connectivity index (χ0) is 11.4. The predicted molar refractivity (Wildman–Crippen MR) is 65.2 cm³/mol. The third kappa shape index (κ3) is 2.66. The van der Waals surface area contributed by atoms with Crippen molar-refractivity contribution in [1.29, 1.82) is 0 Å². The molecule has 0 saturated carbocycles. The minimum absolute atomic E-state index is 0.112. The van der Waals surface area contributed by atoms with E-state index < -0.39 is 5.97 Å². The standard InChI is InChI=1S/C11H14N2O2S/c14-11(15)10-9(2-1-5-12-10)13-8-3-6-16-7-4-8/h1-2,5,8,13H,3-4,6-7H2,(H,14,15). The van der Waals surface area contributed by atoms with Crippen molar-refractivity contribution in [2.75, 3.05) is 16.8 Å². The second-order valence-corrected chi connectivity index (χ2v) is 4.96. The van der Waals surface area contributed by atoms with Crippen LogP contribution >= 0.6 is 11.8 Å². The van der Waals surface area contributed by atoms with Crippen LogP contribution in [0.4, 0.5) is 5.69 Å². The molecule has 2 N–H and O–H groups in total. The molecule has 2 rings (SSSR count). The summed E-state index contributed by atoms with van der Waals surface area (Å²) in [5.41, 5.74) is 0.743. The molecule has 5 heteroatoms. The zero-order valence-corrected chi connectivity index (χ0v) is 9.67. The molecule has 0 aliphatic carbocycles. The second kappa shape index (κ2) is 5.21. The maximum atomic E-state index is 11.0. The molecule has 1 aliphatic heterocycles. The van der Waals surface area contributed by atoms with Crippen LogP contribution in [-0.4, -0.2) is 33.6 Å². The van der Waals surface area contributed by atoms with E-state index in [1.165, 1.54) is 6.20 Å². The molecule has 0 atom stereocenters. The third-order valence-electron chi connectivity index (χ3n) is 2.59. The maximum Gasteiger partial charge on any atom is 0.356 e. The summed E-state index contributed by atoms with van der Waals surface area (Å²) in [6.45, 7) is 0. The van der Waals surface area contributed by atoms with E-state index in [9.17, 15) is 4.79 Å². The first kappa shape index (κ1) is 11.3. The van der Waals surface area contributed by atoms with Crippen molar-refractivity contribution in [3.8, 4) is 0 Å². The molecule has 1 aromatic rings. The van der Waals surface area contributed by atoms with Crippen LogP contribution in [0.2, 0.25) is 0 Å². The summed E-state index contributed by atoms with van der Waals surface area (Å²) in [7, 11) is 0. The van der Waals surface area contributed by atoms with Gasteiger partial charge in [0.2, 0.25) is 0 Å². The number of aromatic nitrogens is 1. The Bertz CT molecular complexity index is 378. The Hall–Kier alpha value is -1.23. The van der Waals surface area contributed by atoms with Crippen LogP contribution in [0.25, 0.3) is 0 Å². The van der Waals surface area contributed by atoms with Gasteiger partial charge in [0, 0.05) is 12.2 Å². The van der Waals surface area contributed by atoms with Crippen molar-refractivity contribution in [3.05, 3.63) is 24.0 Å². The molecule has 0 amide bonds. The number of carboxylic acids is 1. The number of carboxylic acid groups (broad SMARTS) is 1. The first-order chi connectivity index (χ1) is 7.77. The number of hydrogen-bond acceptors (Lipinski definition) is 4. The Morgan fingerprint density at radius 2 is 2.25 bits per heavy atom. The summed E-state index contributed by atoms with van der Waals surface area (Å²) in [6, 6.07) is 3.91. The van der Waals surface area contributed by atoms with Crippen LogP contribution in [0.15, 0.2) is 18.3 Å². The predicted octanol–water partition coefficient (Wildman–Crippen LogP) is 2.09. The molecule has 86 valence electrons. The third-order valence-corrected chi connectivity index (χ3v) is 3.64. The van der Waals surface area contributed by atoms with Gasteiger partial charge in [0.1, 0.15) is 0 Å². The Morgan fingerprint density at radius 3 is 2.94 bits per heavy atom. The van der Waals surface area contributed by atoms with Crippen molar-refractivity contribution < 1.29 is 9.90 Å². The van der Waals surface area contributed by atoms with E-state index in [1.807, 2.05) is 11.8 Å². The number of aromatic carboxylic acids is 1. The lowest BCUT2D eigenvalue weighted by molar-refractivity contribution is 0.0691. The normalized spacial score (nSPS) is 17.0. The molecule has 1 fully saturated rings. The number of nitrogens with zero attached hydrogens (tertiary/aromatic N) is 1. The summed E-state index contributed by atoms with van der Waals surface area (Å²) in [6.07, 6.45) is 3.67. The van der Waals surface area contributed by atoms with Crippen LogP contribution in [-0.2, 0) is 0 Å². The molecule has 0 spiro atoms. The SMILES string of the molecule is O=C(O)c1ncccc1NC1CCSCC1. The van der Waals surface area contributed by atoms with Crippen molar-refractivity contribution in [2.45, 2.75) is 18.9 Å². The molecule has 0 aromatic carbocycles. The van der Waals surface area contributed by atoms with E-state index >= 15 is 0 Å². The fourth-order valence-corrected chi connectivity index (χ4v) is 2.86. The second-order valence-electron chi connectivity index (χ2n) is 3.74. The summed E-state index contributed by atoms with van der Waals surface area (Å²) >= 11 is 1.95. The molecular weight excluding hydrogens is 224 g/mol. The van der Waals surface area contributed by atoms with Gasteiger partial charge >= 0.3 is 5.97 Å². The maximum absolute atomic E-state index is 11.0. The average Bonchev–Trinajstić information content (AvgIpc) is 2.31.